The molecule has 1 fully saturated rings. The van der Waals surface area contributed by atoms with Gasteiger partial charge in [0.1, 0.15) is 23.0 Å². The number of nitrogens with zero attached hydrogens (tertiary/aromatic N) is 1. The fraction of sp³-hybridized carbons (Fsp3) is 0.0870. The molecule has 156 valence electrons. The van der Waals surface area contributed by atoms with Crippen molar-refractivity contribution in [3.8, 4) is 11.3 Å². The van der Waals surface area contributed by atoms with Crippen molar-refractivity contribution in [2.75, 3.05) is 0 Å². The Morgan fingerprint density at radius 3 is 2.65 bits per heavy atom. The zero-order chi connectivity index (χ0) is 22.1. The van der Waals surface area contributed by atoms with Gasteiger partial charge in [0.05, 0.1) is 12.1 Å². The van der Waals surface area contributed by atoms with E-state index in [2.05, 4.69) is 5.32 Å². The van der Waals surface area contributed by atoms with Crippen molar-refractivity contribution in [2.45, 2.75) is 13.5 Å². The van der Waals surface area contributed by atoms with E-state index in [0.717, 1.165) is 10.5 Å². The van der Waals surface area contributed by atoms with Crippen LogP contribution in [0, 0.1) is 12.7 Å². The molecule has 31 heavy (non-hydrogen) atoms. The average Bonchev–Trinajstić information content (AvgIpc) is 3.29. The van der Waals surface area contributed by atoms with Crippen LogP contribution in [-0.4, -0.2) is 27.9 Å². The molecule has 0 saturated carbocycles. The predicted molar refractivity (Wildman–Crippen MR) is 109 cm³/mol. The quantitative estimate of drug-likeness (QED) is 0.476. The normalized spacial score (nSPS) is 14.9. The summed E-state index contributed by atoms with van der Waals surface area (Å²) in [5.41, 5.74) is 1.84. The number of furan rings is 1. The summed E-state index contributed by atoms with van der Waals surface area (Å²) >= 11 is 0. The maximum atomic E-state index is 13.9. The maximum absolute atomic E-state index is 13.9. The molecule has 1 aromatic heterocycles. The molecule has 0 radical (unpaired) electrons. The number of benzene rings is 2. The van der Waals surface area contributed by atoms with Gasteiger partial charge in [-0.1, -0.05) is 24.3 Å². The molecular formula is C23H17FN2O5. The Morgan fingerprint density at radius 1 is 1.16 bits per heavy atom. The molecule has 7 nitrogen and oxygen atoms in total. The molecule has 0 unspecified atom stereocenters. The largest absolute Gasteiger partial charge is 0.478 e. The number of carboxylic acids is 1. The molecule has 2 heterocycles. The Kier molecular flexibility index (Phi) is 5.12. The average molecular weight is 420 g/mol. The van der Waals surface area contributed by atoms with E-state index in [1.807, 2.05) is 0 Å². The third kappa shape index (κ3) is 3.95. The number of hydrogen-bond acceptors (Lipinski definition) is 4. The first kappa shape index (κ1) is 20.1. The highest BCUT2D eigenvalue weighted by Crippen LogP contribution is 2.28. The Labute approximate surface area is 176 Å². The third-order valence-corrected chi connectivity index (χ3v) is 4.90. The van der Waals surface area contributed by atoms with Gasteiger partial charge in [-0.25, -0.2) is 14.0 Å². The summed E-state index contributed by atoms with van der Waals surface area (Å²) in [5.74, 6) is -1.29. The summed E-state index contributed by atoms with van der Waals surface area (Å²) in [5, 5.41) is 11.6. The van der Waals surface area contributed by atoms with Gasteiger partial charge in [-0.15, -0.1) is 0 Å². The molecule has 0 atom stereocenters. The van der Waals surface area contributed by atoms with Gasteiger partial charge in [-0.2, -0.15) is 0 Å². The van der Waals surface area contributed by atoms with Gasteiger partial charge in [-0.05, 0) is 42.8 Å². The molecule has 1 saturated heterocycles. The summed E-state index contributed by atoms with van der Waals surface area (Å²) in [6.07, 6.45) is 1.39. The second-order valence-corrected chi connectivity index (χ2v) is 7.01. The SMILES string of the molecule is Cc1cc(C(=O)O)ccc1-c1ccc(/C=C2/NC(=O)N(Cc3ccccc3F)C2=O)o1. The number of imide groups is 1. The van der Waals surface area contributed by atoms with Crippen molar-refractivity contribution >= 4 is 24.0 Å². The second-order valence-electron chi connectivity index (χ2n) is 7.01. The van der Waals surface area contributed by atoms with Gasteiger partial charge in [0.15, 0.2) is 0 Å². The highest BCUT2D eigenvalue weighted by Gasteiger charge is 2.34. The summed E-state index contributed by atoms with van der Waals surface area (Å²) < 4.78 is 19.6. The summed E-state index contributed by atoms with van der Waals surface area (Å²) in [4.78, 5) is 36.8. The highest BCUT2D eigenvalue weighted by molar-refractivity contribution is 6.13. The molecule has 3 amide bonds. The number of nitrogens with one attached hydrogen (secondary N) is 1. The van der Waals surface area contributed by atoms with Gasteiger partial charge >= 0.3 is 12.0 Å². The summed E-state index contributed by atoms with van der Waals surface area (Å²) in [7, 11) is 0. The Balaban J connectivity index is 1.56. The van der Waals surface area contributed by atoms with E-state index in [-0.39, 0.29) is 23.4 Å². The van der Waals surface area contributed by atoms with Crippen molar-refractivity contribution in [1.82, 2.24) is 10.2 Å². The molecule has 2 aromatic carbocycles. The smallest absolute Gasteiger partial charge is 0.335 e. The van der Waals surface area contributed by atoms with E-state index in [0.29, 0.717) is 17.1 Å². The predicted octanol–water partition coefficient (Wildman–Crippen LogP) is 4.19. The molecule has 2 N–H and O–H groups in total. The zero-order valence-corrected chi connectivity index (χ0v) is 16.4. The topological polar surface area (TPSA) is 99.9 Å². The van der Waals surface area contributed by atoms with Gasteiger partial charge in [0.25, 0.3) is 5.91 Å². The lowest BCUT2D eigenvalue weighted by Crippen LogP contribution is -2.30. The lowest BCUT2D eigenvalue weighted by atomic mass is 10.0. The molecule has 0 spiro atoms. The lowest BCUT2D eigenvalue weighted by molar-refractivity contribution is -0.123. The van der Waals surface area contributed by atoms with E-state index < -0.39 is 23.7 Å². The van der Waals surface area contributed by atoms with Crippen LogP contribution in [0.3, 0.4) is 0 Å². The van der Waals surface area contributed by atoms with Crippen LogP contribution in [0.25, 0.3) is 17.4 Å². The molecular weight excluding hydrogens is 403 g/mol. The third-order valence-electron chi connectivity index (χ3n) is 4.90. The first-order valence-electron chi connectivity index (χ1n) is 9.35. The minimum absolute atomic E-state index is 0.0141. The van der Waals surface area contributed by atoms with Crippen LogP contribution in [-0.2, 0) is 11.3 Å². The number of carboxylic acid groups (broad SMARTS) is 1. The number of halogens is 1. The van der Waals surface area contributed by atoms with E-state index in [9.17, 15) is 18.8 Å². The van der Waals surface area contributed by atoms with Gasteiger partial charge in [-0.3, -0.25) is 9.69 Å². The highest BCUT2D eigenvalue weighted by atomic mass is 19.1. The maximum Gasteiger partial charge on any atom is 0.335 e. The van der Waals surface area contributed by atoms with Crippen LogP contribution in [0.15, 0.2) is 64.7 Å². The Morgan fingerprint density at radius 2 is 1.94 bits per heavy atom. The minimum atomic E-state index is -1.02. The molecule has 0 aliphatic carbocycles. The zero-order valence-electron chi connectivity index (χ0n) is 16.4. The molecule has 0 bridgehead atoms. The van der Waals surface area contributed by atoms with Crippen LogP contribution in [0.1, 0.15) is 27.2 Å². The first-order chi connectivity index (χ1) is 14.8. The Bertz CT molecular complexity index is 1240. The monoisotopic (exact) mass is 420 g/mol. The standard InChI is InChI=1S/C23H17FN2O5/c1-13-10-14(22(28)29)6-8-17(13)20-9-7-16(31-20)11-19-21(27)26(23(30)25-19)12-15-4-2-3-5-18(15)24/h2-11H,12H2,1H3,(H,25,30)(H,28,29)/b19-11+. The summed E-state index contributed by atoms with van der Waals surface area (Å²) in [6.45, 7) is 1.58. The number of urea groups is 1. The fourth-order valence-corrected chi connectivity index (χ4v) is 3.30. The summed E-state index contributed by atoms with van der Waals surface area (Å²) in [6, 6.07) is 13.3. The van der Waals surface area contributed by atoms with E-state index in [4.69, 9.17) is 9.52 Å². The Hall–Kier alpha value is -4.20. The van der Waals surface area contributed by atoms with E-state index in [1.54, 1.807) is 37.3 Å². The molecule has 3 aromatic rings. The fourth-order valence-electron chi connectivity index (χ4n) is 3.30. The van der Waals surface area contributed by atoms with E-state index >= 15 is 0 Å². The van der Waals surface area contributed by atoms with Crippen molar-refractivity contribution in [3.05, 3.63) is 88.6 Å². The second kappa shape index (κ2) is 7.91. The number of hydrogen-bond donors (Lipinski definition) is 2. The van der Waals surface area contributed by atoms with Crippen LogP contribution in [0.5, 0.6) is 0 Å². The van der Waals surface area contributed by atoms with Gasteiger partial charge in [0, 0.05) is 17.2 Å². The van der Waals surface area contributed by atoms with Crippen molar-refractivity contribution in [3.63, 3.8) is 0 Å². The van der Waals surface area contributed by atoms with Gasteiger partial charge < -0.3 is 14.8 Å². The molecule has 4 rings (SSSR count). The lowest BCUT2D eigenvalue weighted by Gasteiger charge is -2.12. The van der Waals surface area contributed by atoms with Crippen LogP contribution < -0.4 is 5.32 Å². The molecule has 8 heteroatoms. The number of amides is 3. The van der Waals surface area contributed by atoms with Crippen molar-refractivity contribution in [2.24, 2.45) is 0 Å². The van der Waals surface area contributed by atoms with E-state index in [1.165, 1.54) is 30.3 Å². The van der Waals surface area contributed by atoms with Crippen LogP contribution in [0.4, 0.5) is 9.18 Å². The number of aryl methyl sites for hydroxylation is 1. The van der Waals surface area contributed by atoms with Gasteiger partial charge in [0.2, 0.25) is 0 Å². The molecule has 1 aliphatic rings. The first-order valence-corrected chi connectivity index (χ1v) is 9.35. The number of aromatic carboxylic acids is 1. The number of carbonyl (C=O) groups excluding carboxylic acids is 2. The molecule has 1 aliphatic heterocycles. The number of rotatable bonds is 5. The van der Waals surface area contributed by atoms with Crippen LogP contribution in [0.2, 0.25) is 0 Å². The van der Waals surface area contributed by atoms with Crippen molar-refractivity contribution < 1.29 is 28.3 Å². The number of carbonyl (C=O) groups is 3. The van der Waals surface area contributed by atoms with Crippen LogP contribution >= 0.6 is 0 Å². The minimum Gasteiger partial charge on any atom is -0.478 e. The van der Waals surface area contributed by atoms with Crippen molar-refractivity contribution in [1.29, 1.82) is 0 Å².